The fourth-order valence-corrected chi connectivity index (χ4v) is 11.0. The van der Waals surface area contributed by atoms with Gasteiger partial charge in [0.1, 0.15) is 23.3 Å². The number of rotatable bonds is 5. The molecule has 0 radical (unpaired) electrons. The zero-order valence-electron chi connectivity index (χ0n) is 21.1. The number of fused-ring (bicyclic) bond motifs is 3. The predicted molar refractivity (Wildman–Crippen MR) is 167 cm³/mol. The molecular weight excluding hydrogens is 512 g/mol. The number of hydrogen-bond acceptors (Lipinski definition) is 1. The van der Waals surface area contributed by atoms with Crippen LogP contribution in [0.1, 0.15) is 0 Å². The average Bonchev–Trinajstić information content (AvgIpc) is 3.39. The van der Waals surface area contributed by atoms with E-state index >= 15 is 0 Å². The van der Waals surface area contributed by atoms with E-state index < -0.39 is 8.07 Å². The van der Waals surface area contributed by atoms with Crippen LogP contribution in [0.3, 0.4) is 0 Å². The predicted octanol–water partition coefficient (Wildman–Crippen LogP) is 7.77. The number of hydrogen-bond donors (Lipinski definition) is 0. The lowest BCUT2D eigenvalue weighted by Gasteiger charge is -2.32. The van der Waals surface area contributed by atoms with Crippen molar-refractivity contribution in [1.29, 1.82) is 0 Å². The zero-order valence-corrected chi connectivity index (χ0v) is 22.9. The Morgan fingerprint density at radius 2 is 1.31 bits per heavy atom. The maximum absolute atomic E-state index is 6.96. The normalized spacial score (nSPS) is 13.0. The van der Waals surface area contributed by atoms with Gasteiger partial charge < -0.3 is 4.42 Å². The highest BCUT2D eigenvalue weighted by Gasteiger charge is 2.47. The van der Waals surface area contributed by atoms with Gasteiger partial charge in [-0.05, 0) is 28.1 Å². The summed E-state index contributed by atoms with van der Waals surface area (Å²) >= 11 is 6.39. The summed E-state index contributed by atoms with van der Waals surface area (Å²) in [6.07, 6.45) is 11.7. The minimum absolute atomic E-state index is 0.710. The minimum atomic E-state index is -2.77. The summed E-state index contributed by atoms with van der Waals surface area (Å²) in [5.41, 5.74) is 3.90. The van der Waals surface area contributed by atoms with Crippen LogP contribution in [0.2, 0.25) is 5.02 Å². The third-order valence-corrected chi connectivity index (χ3v) is 12.7. The Labute approximate surface area is 234 Å². The second-order valence-corrected chi connectivity index (χ2v) is 14.0. The molecule has 39 heavy (non-hydrogen) atoms. The van der Waals surface area contributed by atoms with Crippen molar-refractivity contribution in [2.45, 2.75) is 0 Å². The lowest BCUT2D eigenvalue weighted by molar-refractivity contribution is 0.672. The number of benzene rings is 5. The quantitative estimate of drug-likeness (QED) is 0.125. The topological polar surface area (TPSA) is 13.1 Å². The molecule has 0 spiro atoms. The van der Waals surface area contributed by atoms with Crippen molar-refractivity contribution in [2.75, 3.05) is 0 Å². The van der Waals surface area contributed by atoms with Crippen LogP contribution in [0.5, 0.6) is 0 Å². The Kier molecular flexibility index (Phi) is 5.87. The molecule has 6 aromatic rings. The summed E-state index contributed by atoms with van der Waals surface area (Å²) in [5.74, 6) is 0. The van der Waals surface area contributed by atoms with E-state index in [4.69, 9.17) is 16.0 Å². The van der Waals surface area contributed by atoms with Gasteiger partial charge in [0.25, 0.3) is 0 Å². The summed E-state index contributed by atoms with van der Waals surface area (Å²) in [6, 6.07) is 42.8. The molecule has 7 rings (SSSR count). The molecule has 0 unspecified atom stereocenters. The van der Waals surface area contributed by atoms with Gasteiger partial charge in [0.15, 0.2) is 0 Å². The van der Waals surface area contributed by atoms with Crippen LogP contribution >= 0.6 is 11.6 Å². The first-order valence-electron chi connectivity index (χ1n) is 13.0. The van der Waals surface area contributed by atoms with Gasteiger partial charge in [-0.1, -0.05) is 121 Å². The third kappa shape index (κ3) is 3.81. The van der Waals surface area contributed by atoms with E-state index in [9.17, 15) is 0 Å². The van der Waals surface area contributed by atoms with E-state index in [1.165, 1.54) is 20.8 Å². The Balaban J connectivity index is 1.62. The Morgan fingerprint density at radius 1 is 0.641 bits per heavy atom. The molecule has 184 valence electrons. The molecule has 0 aliphatic heterocycles. The monoisotopic (exact) mass is 535 g/mol. The van der Waals surface area contributed by atoms with Gasteiger partial charge in [-0.3, -0.25) is 0 Å². The average molecular weight is 536 g/mol. The highest BCUT2D eigenvalue weighted by Crippen LogP contribution is 2.37. The highest BCUT2D eigenvalue weighted by molar-refractivity contribution is 7.17. The highest BCUT2D eigenvalue weighted by atomic mass is 35.5. The SMILES string of the molecule is Clc1cccc(-c2cccc3c2oc2c([Si](C4=CC=[C+]C=C4)(c4ccccc4)c4ccccc4)cccc23)c1. The lowest BCUT2D eigenvalue weighted by Crippen LogP contribution is -2.68. The van der Waals surface area contributed by atoms with Gasteiger partial charge in [0.05, 0.1) is 5.20 Å². The summed E-state index contributed by atoms with van der Waals surface area (Å²) in [4.78, 5) is 0. The Morgan fingerprint density at radius 3 is 1.97 bits per heavy atom. The maximum Gasteiger partial charge on any atom is 0.216 e. The molecule has 0 saturated heterocycles. The molecule has 0 N–H and O–H groups in total. The first-order chi connectivity index (χ1) is 19.3. The number of allylic oxidation sites excluding steroid dienone is 6. The van der Waals surface area contributed by atoms with Crippen molar-refractivity contribution < 1.29 is 4.42 Å². The largest absolute Gasteiger partial charge is 0.455 e. The lowest BCUT2D eigenvalue weighted by atomic mass is 10.0. The second kappa shape index (κ2) is 9.69. The van der Waals surface area contributed by atoms with E-state index in [0.29, 0.717) is 5.02 Å². The molecule has 0 amide bonds. The van der Waals surface area contributed by atoms with Gasteiger partial charge in [0, 0.05) is 44.8 Å². The molecule has 0 fully saturated rings. The maximum atomic E-state index is 6.96. The molecule has 1 aliphatic rings. The fraction of sp³-hybridized carbons (Fsp3) is 0. The van der Waals surface area contributed by atoms with Crippen molar-refractivity contribution in [1.82, 2.24) is 0 Å². The second-order valence-electron chi connectivity index (χ2n) is 9.75. The van der Waals surface area contributed by atoms with E-state index in [1.807, 2.05) is 30.4 Å². The Hall–Kier alpha value is -4.46. The molecule has 1 heterocycles. The molecule has 1 aromatic heterocycles. The summed E-state index contributed by atoms with van der Waals surface area (Å²) in [5, 5.41) is 8.09. The smallest absolute Gasteiger partial charge is 0.216 e. The van der Waals surface area contributed by atoms with Crippen molar-refractivity contribution in [3.63, 3.8) is 0 Å². The number of halogens is 1. The molecular formula is C36H24ClOSi+. The van der Waals surface area contributed by atoms with Crippen LogP contribution in [0.15, 0.2) is 155 Å². The van der Waals surface area contributed by atoms with Gasteiger partial charge >= 0.3 is 0 Å². The fourth-order valence-electron chi connectivity index (χ4n) is 5.98. The zero-order chi connectivity index (χ0) is 26.2. The first-order valence-corrected chi connectivity index (χ1v) is 15.4. The molecule has 5 aromatic carbocycles. The standard InChI is InChI=1S/C36H24ClOSi/c37-27-14-10-13-26(25-27)31-21-11-22-32-33-23-12-24-34(36(33)38-35(31)32)39(28-15-4-1-5-16-28,29-17-6-2-7-18-29)30-19-8-3-9-20-30/h1-2,4-25H/q+1. The molecule has 0 bridgehead atoms. The summed E-state index contributed by atoms with van der Waals surface area (Å²) in [7, 11) is -2.77. The number of para-hydroxylation sites is 2. The van der Waals surface area contributed by atoms with Crippen LogP contribution < -0.4 is 15.6 Å². The van der Waals surface area contributed by atoms with Crippen LogP contribution in [0.4, 0.5) is 0 Å². The third-order valence-electron chi connectivity index (χ3n) is 7.63. The van der Waals surface area contributed by atoms with Crippen molar-refractivity contribution in [3.8, 4) is 11.1 Å². The van der Waals surface area contributed by atoms with Gasteiger partial charge in [-0.25, -0.2) is 0 Å². The van der Waals surface area contributed by atoms with E-state index in [1.54, 1.807) is 0 Å². The molecule has 0 atom stereocenters. The van der Waals surface area contributed by atoms with Gasteiger partial charge in [-0.15, -0.1) is 0 Å². The van der Waals surface area contributed by atoms with Crippen LogP contribution in [0.25, 0.3) is 33.1 Å². The van der Waals surface area contributed by atoms with Crippen LogP contribution in [0, 0.1) is 6.08 Å². The number of furan rings is 1. The van der Waals surface area contributed by atoms with E-state index in [0.717, 1.165) is 33.1 Å². The van der Waals surface area contributed by atoms with Crippen molar-refractivity contribution in [2.24, 2.45) is 0 Å². The van der Waals surface area contributed by atoms with E-state index in [-0.39, 0.29) is 0 Å². The first kappa shape index (κ1) is 23.6. The summed E-state index contributed by atoms with van der Waals surface area (Å²) in [6.45, 7) is 0. The molecule has 1 aliphatic carbocycles. The minimum Gasteiger partial charge on any atom is -0.455 e. The van der Waals surface area contributed by atoms with Gasteiger partial charge in [-0.2, -0.15) is 0 Å². The van der Waals surface area contributed by atoms with Gasteiger partial charge in [0.2, 0.25) is 8.07 Å². The molecule has 0 saturated carbocycles. The molecule has 1 nitrogen and oxygen atoms in total. The van der Waals surface area contributed by atoms with E-state index in [2.05, 4.69) is 121 Å². The van der Waals surface area contributed by atoms with Crippen LogP contribution in [-0.2, 0) is 0 Å². The van der Waals surface area contributed by atoms with Crippen molar-refractivity contribution >= 4 is 57.2 Å². The van der Waals surface area contributed by atoms with Crippen LogP contribution in [-0.4, -0.2) is 8.07 Å². The molecule has 3 heteroatoms. The summed E-state index contributed by atoms with van der Waals surface area (Å²) < 4.78 is 6.96. The van der Waals surface area contributed by atoms with Crippen molar-refractivity contribution in [3.05, 3.63) is 162 Å². The Bertz CT molecular complexity index is 1870.